The lowest BCUT2D eigenvalue weighted by Crippen LogP contribution is -2.28. The lowest BCUT2D eigenvalue weighted by molar-refractivity contribution is -0.136. The largest absolute Gasteiger partial charge is 0.481 e. The number of aliphatic carboxylic acids is 1. The number of hydrogen-bond acceptors (Lipinski definition) is 5. The molecule has 4 atom stereocenters. The first-order valence-electron chi connectivity index (χ1n) is 9.15. The van der Waals surface area contributed by atoms with Crippen LogP contribution in [0.1, 0.15) is 47.9 Å². The third-order valence-electron chi connectivity index (χ3n) is 5.62. The maximum atomic E-state index is 10.9. The summed E-state index contributed by atoms with van der Waals surface area (Å²) in [6.45, 7) is -0.131. The van der Waals surface area contributed by atoms with Gasteiger partial charge in [0.1, 0.15) is 12.0 Å². The fourth-order valence-corrected chi connectivity index (χ4v) is 4.42. The van der Waals surface area contributed by atoms with Crippen LogP contribution < -0.4 is 0 Å². The molecular formula is C20H23NO5. The van der Waals surface area contributed by atoms with Gasteiger partial charge in [-0.1, -0.05) is 24.3 Å². The number of rotatable bonds is 7. The molecule has 2 fully saturated rings. The normalized spacial score (nSPS) is 27.1. The van der Waals surface area contributed by atoms with Crippen LogP contribution in [0, 0.1) is 5.92 Å². The molecule has 6 nitrogen and oxygen atoms in total. The van der Waals surface area contributed by atoms with Gasteiger partial charge in [-0.3, -0.25) is 4.79 Å². The molecule has 1 aromatic carbocycles. The third kappa shape index (κ3) is 3.27. The van der Waals surface area contributed by atoms with Crippen LogP contribution in [0.5, 0.6) is 0 Å². The highest BCUT2D eigenvalue weighted by Gasteiger charge is 2.51. The van der Waals surface area contributed by atoms with Gasteiger partial charge in [-0.25, -0.2) is 4.98 Å². The zero-order valence-electron chi connectivity index (χ0n) is 14.5. The summed E-state index contributed by atoms with van der Waals surface area (Å²) in [6, 6.07) is 8.04. The first-order chi connectivity index (χ1) is 12.7. The Kier molecular flexibility index (Phi) is 4.78. The predicted molar refractivity (Wildman–Crippen MR) is 92.7 cm³/mol. The molecule has 0 amide bonds. The van der Waals surface area contributed by atoms with E-state index in [1.54, 1.807) is 0 Å². The van der Waals surface area contributed by atoms with Crippen LogP contribution in [-0.2, 0) is 29.0 Å². The standard InChI is InChI=1S/C20H23NO5/c22-10-14-11-25-20(21-14)19-15(16-6-7-17(19)26-16)9-13-4-2-1-3-12(13)5-8-18(23)24/h1-4,11,15-17,19,22H,5-10H2,(H,23,24). The van der Waals surface area contributed by atoms with Crippen molar-refractivity contribution in [3.63, 3.8) is 0 Å². The van der Waals surface area contributed by atoms with Gasteiger partial charge in [0.2, 0.25) is 0 Å². The molecule has 3 heterocycles. The second-order valence-electron chi connectivity index (χ2n) is 7.18. The van der Waals surface area contributed by atoms with Gasteiger partial charge in [0, 0.05) is 12.3 Å². The van der Waals surface area contributed by atoms with Crippen LogP contribution in [0.25, 0.3) is 0 Å². The summed E-state index contributed by atoms with van der Waals surface area (Å²) in [5.41, 5.74) is 2.80. The Balaban J connectivity index is 1.57. The number of nitrogens with zero attached hydrogens (tertiary/aromatic N) is 1. The van der Waals surface area contributed by atoms with Crippen molar-refractivity contribution in [2.45, 2.75) is 56.8 Å². The Morgan fingerprint density at radius 1 is 1.19 bits per heavy atom. The van der Waals surface area contributed by atoms with Gasteiger partial charge in [0.05, 0.1) is 24.7 Å². The SMILES string of the molecule is O=C(O)CCc1ccccc1CC1C2CCC(O2)C1c1nc(CO)co1. The molecule has 0 radical (unpaired) electrons. The van der Waals surface area contributed by atoms with Crippen molar-refractivity contribution in [1.29, 1.82) is 0 Å². The van der Waals surface area contributed by atoms with Crippen molar-refractivity contribution in [1.82, 2.24) is 4.98 Å². The van der Waals surface area contributed by atoms with Crippen LogP contribution in [0.4, 0.5) is 0 Å². The van der Waals surface area contributed by atoms with Crippen LogP contribution in [0.3, 0.4) is 0 Å². The fourth-order valence-electron chi connectivity index (χ4n) is 4.42. The highest BCUT2D eigenvalue weighted by atomic mass is 16.5. The molecule has 2 bridgehead atoms. The topological polar surface area (TPSA) is 92.8 Å². The maximum absolute atomic E-state index is 10.9. The summed E-state index contributed by atoms with van der Waals surface area (Å²) >= 11 is 0. The number of oxazole rings is 1. The summed E-state index contributed by atoms with van der Waals surface area (Å²) in [5.74, 6) is 0.207. The molecule has 2 aliphatic heterocycles. The van der Waals surface area contributed by atoms with Gasteiger partial charge in [-0.15, -0.1) is 0 Å². The summed E-state index contributed by atoms with van der Waals surface area (Å²) in [5, 5.41) is 18.3. The number of aliphatic hydroxyl groups excluding tert-OH is 1. The first-order valence-corrected chi connectivity index (χ1v) is 9.15. The first kappa shape index (κ1) is 17.2. The Labute approximate surface area is 151 Å². The molecule has 138 valence electrons. The van der Waals surface area contributed by atoms with Crippen LogP contribution in [-0.4, -0.2) is 33.4 Å². The fraction of sp³-hybridized carbons (Fsp3) is 0.500. The lowest BCUT2D eigenvalue weighted by atomic mass is 9.75. The summed E-state index contributed by atoms with van der Waals surface area (Å²) in [6.07, 6.45) is 5.33. The number of fused-ring (bicyclic) bond motifs is 2. The van der Waals surface area contributed by atoms with E-state index in [1.165, 1.54) is 11.8 Å². The van der Waals surface area contributed by atoms with Gasteiger partial charge in [0.15, 0.2) is 5.89 Å². The number of benzene rings is 1. The molecule has 26 heavy (non-hydrogen) atoms. The molecule has 0 aliphatic carbocycles. The summed E-state index contributed by atoms with van der Waals surface area (Å²) in [4.78, 5) is 15.4. The average molecular weight is 357 g/mol. The van der Waals surface area contributed by atoms with E-state index < -0.39 is 5.97 Å². The monoisotopic (exact) mass is 357 g/mol. The molecule has 2 aromatic rings. The number of aryl methyl sites for hydroxylation is 1. The number of carbonyl (C=O) groups is 1. The van der Waals surface area contributed by atoms with Crippen molar-refractivity contribution in [3.05, 3.63) is 53.2 Å². The van der Waals surface area contributed by atoms with E-state index in [1.807, 2.05) is 18.2 Å². The number of aliphatic hydroxyl groups is 1. The van der Waals surface area contributed by atoms with Crippen LogP contribution in [0.15, 0.2) is 34.9 Å². The molecule has 2 aliphatic rings. The van der Waals surface area contributed by atoms with Crippen molar-refractivity contribution < 1.29 is 24.2 Å². The zero-order valence-corrected chi connectivity index (χ0v) is 14.5. The van der Waals surface area contributed by atoms with Gasteiger partial charge >= 0.3 is 5.97 Å². The van der Waals surface area contributed by atoms with Crippen LogP contribution in [0.2, 0.25) is 0 Å². The van der Waals surface area contributed by atoms with Gasteiger partial charge in [-0.05, 0) is 36.8 Å². The smallest absolute Gasteiger partial charge is 0.303 e. The highest BCUT2D eigenvalue weighted by Crippen LogP contribution is 2.49. The molecule has 0 saturated carbocycles. The Bertz CT molecular complexity index is 786. The van der Waals surface area contributed by atoms with Crippen molar-refractivity contribution in [3.8, 4) is 0 Å². The lowest BCUT2D eigenvalue weighted by Gasteiger charge is -2.26. The number of carboxylic acids is 1. The van der Waals surface area contributed by atoms with E-state index in [2.05, 4.69) is 11.1 Å². The maximum Gasteiger partial charge on any atom is 0.303 e. The van der Waals surface area contributed by atoms with E-state index in [0.29, 0.717) is 18.0 Å². The van der Waals surface area contributed by atoms with E-state index >= 15 is 0 Å². The van der Waals surface area contributed by atoms with Gasteiger partial charge in [0.25, 0.3) is 0 Å². The summed E-state index contributed by atoms with van der Waals surface area (Å²) in [7, 11) is 0. The Morgan fingerprint density at radius 3 is 2.69 bits per heavy atom. The quantitative estimate of drug-likeness (QED) is 0.791. The Morgan fingerprint density at radius 2 is 1.96 bits per heavy atom. The summed E-state index contributed by atoms with van der Waals surface area (Å²) < 4.78 is 11.8. The van der Waals surface area contributed by atoms with Crippen molar-refractivity contribution in [2.75, 3.05) is 0 Å². The van der Waals surface area contributed by atoms with Crippen molar-refractivity contribution in [2.24, 2.45) is 5.92 Å². The zero-order chi connectivity index (χ0) is 18.1. The second-order valence-corrected chi connectivity index (χ2v) is 7.18. The number of ether oxygens (including phenoxy) is 1. The average Bonchev–Trinajstić information content (AvgIpc) is 3.36. The molecule has 6 heteroatoms. The van der Waals surface area contributed by atoms with E-state index in [4.69, 9.17) is 14.3 Å². The van der Waals surface area contributed by atoms with E-state index in [9.17, 15) is 9.90 Å². The number of aromatic nitrogens is 1. The minimum Gasteiger partial charge on any atom is -0.481 e. The van der Waals surface area contributed by atoms with E-state index in [-0.39, 0.29) is 37.1 Å². The number of carboxylic acid groups (broad SMARTS) is 1. The molecule has 1 aromatic heterocycles. The molecule has 0 spiro atoms. The molecular weight excluding hydrogens is 334 g/mol. The molecule has 4 rings (SSSR count). The van der Waals surface area contributed by atoms with Gasteiger partial charge < -0.3 is 19.4 Å². The predicted octanol–water partition coefficient (Wildman–Crippen LogP) is 2.69. The second kappa shape index (κ2) is 7.21. The van der Waals surface area contributed by atoms with Crippen molar-refractivity contribution >= 4 is 5.97 Å². The van der Waals surface area contributed by atoms with Crippen LogP contribution >= 0.6 is 0 Å². The molecule has 4 unspecified atom stereocenters. The molecule has 2 saturated heterocycles. The minimum absolute atomic E-state index is 0.0848. The highest BCUT2D eigenvalue weighted by molar-refractivity contribution is 5.67. The number of hydrogen-bond donors (Lipinski definition) is 2. The molecule has 2 N–H and O–H groups in total. The van der Waals surface area contributed by atoms with Gasteiger partial charge in [-0.2, -0.15) is 0 Å². The minimum atomic E-state index is -0.780. The third-order valence-corrected chi connectivity index (χ3v) is 5.62. The Hall–Kier alpha value is -2.18. The van der Waals surface area contributed by atoms with E-state index in [0.717, 1.165) is 24.8 Å².